The fraction of sp³-hybridized carbons (Fsp3) is 0.400. The van der Waals surface area contributed by atoms with Gasteiger partial charge in [-0.1, -0.05) is 6.07 Å². The summed E-state index contributed by atoms with van der Waals surface area (Å²) in [6.07, 6.45) is -4.61. The van der Waals surface area contributed by atoms with Gasteiger partial charge in [-0.05, 0) is 31.0 Å². The molecule has 0 saturated carbocycles. The zero-order chi connectivity index (χ0) is 14.1. The number of aryl methyl sites for hydroxylation is 1. The van der Waals surface area contributed by atoms with E-state index in [9.17, 15) is 21.6 Å². The Hall–Kier alpha value is -1.28. The molecule has 1 rings (SSSR count). The molecule has 102 valence electrons. The SMILES string of the molecule is Cc1ccc(N)c(S(=O)(=O)NCC(F)(F)F)c1C. The van der Waals surface area contributed by atoms with Gasteiger partial charge in [-0.25, -0.2) is 13.1 Å². The van der Waals surface area contributed by atoms with Crippen molar-refractivity contribution in [1.29, 1.82) is 0 Å². The molecule has 0 aliphatic heterocycles. The fourth-order valence-electron chi connectivity index (χ4n) is 1.42. The largest absolute Gasteiger partial charge is 0.402 e. The van der Waals surface area contributed by atoms with E-state index in [1.807, 2.05) is 0 Å². The average molecular weight is 282 g/mol. The molecule has 3 N–H and O–H groups in total. The topological polar surface area (TPSA) is 72.2 Å². The van der Waals surface area contributed by atoms with Crippen LogP contribution in [0.1, 0.15) is 11.1 Å². The van der Waals surface area contributed by atoms with Gasteiger partial charge in [0.2, 0.25) is 10.0 Å². The van der Waals surface area contributed by atoms with Crippen LogP contribution in [0, 0.1) is 13.8 Å². The molecule has 0 bridgehead atoms. The van der Waals surface area contributed by atoms with Gasteiger partial charge in [0.15, 0.2) is 0 Å². The van der Waals surface area contributed by atoms with Gasteiger partial charge in [0, 0.05) is 0 Å². The Kier molecular flexibility index (Phi) is 3.92. The van der Waals surface area contributed by atoms with Gasteiger partial charge in [-0.2, -0.15) is 13.2 Å². The van der Waals surface area contributed by atoms with Crippen molar-refractivity contribution in [3.63, 3.8) is 0 Å². The molecule has 0 radical (unpaired) electrons. The van der Waals surface area contributed by atoms with Gasteiger partial charge in [-0.15, -0.1) is 0 Å². The normalized spacial score (nSPS) is 12.7. The molecule has 4 nitrogen and oxygen atoms in total. The second kappa shape index (κ2) is 4.77. The smallest absolute Gasteiger partial charge is 0.398 e. The molecule has 18 heavy (non-hydrogen) atoms. The average Bonchev–Trinajstić information content (AvgIpc) is 2.20. The minimum Gasteiger partial charge on any atom is -0.398 e. The Morgan fingerprint density at radius 2 is 1.83 bits per heavy atom. The van der Waals surface area contributed by atoms with Crippen LogP contribution in [0.5, 0.6) is 0 Å². The highest BCUT2D eigenvalue weighted by Gasteiger charge is 2.31. The first kappa shape index (κ1) is 14.8. The van der Waals surface area contributed by atoms with Crippen molar-refractivity contribution in [3.8, 4) is 0 Å². The number of alkyl halides is 3. The molecular weight excluding hydrogens is 269 g/mol. The van der Waals surface area contributed by atoms with Gasteiger partial charge < -0.3 is 5.73 Å². The monoisotopic (exact) mass is 282 g/mol. The van der Waals surface area contributed by atoms with Crippen LogP contribution in [0.3, 0.4) is 0 Å². The molecule has 0 aliphatic rings. The summed E-state index contributed by atoms with van der Waals surface area (Å²) >= 11 is 0. The Morgan fingerprint density at radius 1 is 1.28 bits per heavy atom. The van der Waals surface area contributed by atoms with Crippen LogP contribution in [0.25, 0.3) is 0 Å². The molecule has 8 heteroatoms. The number of nitrogens with two attached hydrogens (primary N) is 1. The summed E-state index contributed by atoms with van der Waals surface area (Å²) in [7, 11) is -4.27. The second-order valence-corrected chi connectivity index (χ2v) is 5.57. The van der Waals surface area contributed by atoms with Gasteiger partial charge >= 0.3 is 6.18 Å². The summed E-state index contributed by atoms with van der Waals surface area (Å²) in [5.41, 5.74) is 6.41. The number of hydrogen-bond donors (Lipinski definition) is 2. The molecule has 0 aromatic heterocycles. The van der Waals surface area contributed by atoms with Crippen LogP contribution in [0.15, 0.2) is 17.0 Å². The first-order valence-corrected chi connectivity index (χ1v) is 6.45. The minimum absolute atomic E-state index is 0.0761. The van der Waals surface area contributed by atoms with Gasteiger partial charge in [-0.3, -0.25) is 0 Å². The van der Waals surface area contributed by atoms with E-state index in [4.69, 9.17) is 5.73 Å². The first-order valence-electron chi connectivity index (χ1n) is 4.96. The van der Waals surface area contributed by atoms with Crippen LogP contribution < -0.4 is 10.5 Å². The van der Waals surface area contributed by atoms with E-state index in [2.05, 4.69) is 0 Å². The molecule has 0 heterocycles. The highest BCUT2D eigenvalue weighted by Crippen LogP contribution is 2.25. The fourth-order valence-corrected chi connectivity index (χ4v) is 2.86. The molecule has 0 spiro atoms. The molecule has 1 aromatic carbocycles. The molecule has 0 unspecified atom stereocenters. The van der Waals surface area contributed by atoms with Crippen LogP contribution >= 0.6 is 0 Å². The number of sulfonamides is 1. The van der Waals surface area contributed by atoms with Gasteiger partial charge in [0.05, 0.1) is 5.69 Å². The van der Waals surface area contributed by atoms with Crippen LogP contribution in [-0.4, -0.2) is 21.1 Å². The van der Waals surface area contributed by atoms with E-state index >= 15 is 0 Å². The standard InChI is InChI=1S/C10H13F3N2O2S/c1-6-3-4-8(14)9(7(6)2)18(16,17)15-5-10(11,12)13/h3-4,15H,5,14H2,1-2H3. The maximum absolute atomic E-state index is 12.0. The van der Waals surface area contributed by atoms with E-state index in [1.54, 1.807) is 13.0 Å². The molecule has 0 amide bonds. The summed E-state index contributed by atoms with van der Waals surface area (Å²) in [4.78, 5) is -0.299. The Morgan fingerprint density at radius 3 is 2.33 bits per heavy atom. The maximum Gasteiger partial charge on any atom is 0.402 e. The van der Waals surface area contributed by atoms with Gasteiger partial charge in [0.25, 0.3) is 0 Å². The third-order valence-electron chi connectivity index (χ3n) is 2.44. The van der Waals surface area contributed by atoms with E-state index in [1.165, 1.54) is 17.7 Å². The van der Waals surface area contributed by atoms with Crippen molar-refractivity contribution in [2.24, 2.45) is 0 Å². The predicted octanol–water partition coefficient (Wildman–Crippen LogP) is 1.73. The lowest BCUT2D eigenvalue weighted by molar-refractivity contribution is -0.121. The first-order chi connectivity index (χ1) is 8.04. The Bertz CT molecular complexity index is 553. The second-order valence-electron chi connectivity index (χ2n) is 3.87. The molecule has 1 aromatic rings. The van der Waals surface area contributed by atoms with Crippen molar-refractivity contribution in [1.82, 2.24) is 4.72 Å². The van der Waals surface area contributed by atoms with Crippen molar-refractivity contribution in [3.05, 3.63) is 23.3 Å². The number of nitrogen functional groups attached to an aromatic ring is 1. The highest BCUT2D eigenvalue weighted by molar-refractivity contribution is 7.89. The predicted molar refractivity (Wildman–Crippen MR) is 61.6 cm³/mol. The summed E-state index contributed by atoms with van der Waals surface area (Å²) in [5.74, 6) is 0. The van der Waals surface area contributed by atoms with Gasteiger partial charge in [0.1, 0.15) is 11.4 Å². The number of nitrogens with one attached hydrogen (secondary N) is 1. The lowest BCUT2D eigenvalue weighted by Crippen LogP contribution is -2.34. The van der Waals surface area contributed by atoms with Crippen molar-refractivity contribution in [2.75, 3.05) is 12.3 Å². The zero-order valence-corrected chi connectivity index (χ0v) is 10.6. The molecule has 0 atom stereocenters. The third kappa shape index (κ3) is 3.36. The number of benzene rings is 1. The Balaban J connectivity index is 3.18. The minimum atomic E-state index is -4.61. The van der Waals surface area contributed by atoms with Crippen molar-refractivity contribution in [2.45, 2.75) is 24.9 Å². The van der Waals surface area contributed by atoms with E-state index in [-0.39, 0.29) is 10.6 Å². The summed E-state index contributed by atoms with van der Waals surface area (Å²) in [6.45, 7) is 1.52. The van der Waals surface area contributed by atoms with Crippen molar-refractivity contribution < 1.29 is 21.6 Å². The lowest BCUT2D eigenvalue weighted by Gasteiger charge is -2.14. The molecule has 0 aliphatic carbocycles. The zero-order valence-electron chi connectivity index (χ0n) is 9.80. The summed E-state index contributed by atoms with van der Waals surface area (Å²) in [5, 5.41) is 0. The summed E-state index contributed by atoms with van der Waals surface area (Å²) < 4.78 is 61.1. The quantitative estimate of drug-likeness (QED) is 0.829. The van der Waals surface area contributed by atoms with E-state index < -0.39 is 22.7 Å². The molecule has 0 fully saturated rings. The van der Waals surface area contributed by atoms with Crippen LogP contribution in [0.2, 0.25) is 0 Å². The molecule has 0 saturated heterocycles. The van der Waals surface area contributed by atoms with E-state index in [0.717, 1.165) is 0 Å². The third-order valence-corrected chi connectivity index (χ3v) is 4.04. The number of anilines is 1. The molecular formula is C10H13F3N2O2S. The van der Waals surface area contributed by atoms with E-state index in [0.29, 0.717) is 11.1 Å². The highest BCUT2D eigenvalue weighted by atomic mass is 32.2. The van der Waals surface area contributed by atoms with Crippen molar-refractivity contribution >= 4 is 15.7 Å². The number of rotatable bonds is 3. The van der Waals surface area contributed by atoms with Crippen LogP contribution in [0.4, 0.5) is 18.9 Å². The summed E-state index contributed by atoms with van der Waals surface area (Å²) in [6, 6.07) is 2.96. The Labute approximate surface area is 103 Å². The number of hydrogen-bond acceptors (Lipinski definition) is 3. The van der Waals surface area contributed by atoms with Crippen LogP contribution in [-0.2, 0) is 10.0 Å². The maximum atomic E-state index is 12.0. The number of halogens is 3. The lowest BCUT2D eigenvalue weighted by atomic mass is 10.1.